The van der Waals surface area contributed by atoms with E-state index in [-0.39, 0.29) is 18.4 Å². The Balaban J connectivity index is 1.63. The summed E-state index contributed by atoms with van der Waals surface area (Å²) in [6.07, 6.45) is 2.92. The van der Waals surface area contributed by atoms with Crippen LogP contribution in [-0.4, -0.2) is 48.3 Å². The molecule has 0 spiro atoms. The van der Waals surface area contributed by atoms with Crippen LogP contribution in [0.1, 0.15) is 69.5 Å². The van der Waals surface area contributed by atoms with Crippen molar-refractivity contribution in [2.24, 2.45) is 4.99 Å². The van der Waals surface area contributed by atoms with Crippen molar-refractivity contribution in [2.75, 3.05) is 20.3 Å². The molecule has 182 valence electrons. The number of rotatable bonds is 8. The summed E-state index contributed by atoms with van der Waals surface area (Å²) in [6.45, 7) is 7.58. The Labute approximate surface area is 205 Å². The number of nitrogens with zero attached hydrogens (tertiary/aromatic N) is 2. The van der Waals surface area contributed by atoms with Crippen LogP contribution in [0.15, 0.2) is 51.6 Å². The molecule has 3 aliphatic rings. The van der Waals surface area contributed by atoms with Crippen molar-refractivity contribution in [3.05, 3.63) is 57.8 Å². The van der Waals surface area contributed by atoms with Gasteiger partial charge in [-0.25, -0.2) is 9.79 Å². The van der Waals surface area contributed by atoms with Crippen molar-refractivity contribution in [3.8, 4) is 0 Å². The maximum Gasteiger partial charge on any atom is 0.338 e. The molecule has 34 heavy (non-hydrogen) atoms. The Kier molecular flexibility index (Phi) is 7.78. The van der Waals surface area contributed by atoms with Gasteiger partial charge in [0.15, 0.2) is 5.17 Å². The smallest absolute Gasteiger partial charge is 0.338 e. The van der Waals surface area contributed by atoms with E-state index in [0.717, 1.165) is 41.6 Å². The molecule has 0 radical (unpaired) electrons. The lowest BCUT2D eigenvalue weighted by atomic mass is 9.91. The Hall–Kier alpha value is -2.58. The standard InChI is InChI=1S/C26H33N3O4S/c1-5-21-23(25(31)32-4)24(18-10-8-17(9-11-18)16(2)3)29-19(15-34-26(29)28-21)13-22(30)27-14-20-7-6-12-33-20/h8-11,15-16,20,24H,5-7,12-14H2,1-4H3,(H,27,30)/t20-,24+/m0/s1. The lowest BCUT2D eigenvalue weighted by Crippen LogP contribution is -2.39. The molecule has 7 nitrogen and oxygen atoms in total. The third-order valence-electron chi connectivity index (χ3n) is 6.44. The van der Waals surface area contributed by atoms with E-state index in [4.69, 9.17) is 14.5 Å². The Morgan fingerprint density at radius 3 is 2.68 bits per heavy atom. The average Bonchev–Trinajstić information content (AvgIpc) is 3.51. The van der Waals surface area contributed by atoms with E-state index >= 15 is 0 Å². The summed E-state index contributed by atoms with van der Waals surface area (Å²) in [6, 6.07) is 7.94. The summed E-state index contributed by atoms with van der Waals surface area (Å²) in [5, 5.41) is 5.75. The van der Waals surface area contributed by atoms with Gasteiger partial charge in [-0.1, -0.05) is 56.8 Å². The monoisotopic (exact) mass is 483 g/mol. The number of amides is 1. The lowest BCUT2D eigenvalue weighted by molar-refractivity contribution is -0.136. The second kappa shape index (κ2) is 10.8. The van der Waals surface area contributed by atoms with Crippen molar-refractivity contribution in [3.63, 3.8) is 0 Å². The molecule has 1 amide bonds. The summed E-state index contributed by atoms with van der Waals surface area (Å²) in [7, 11) is 1.40. The van der Waals surface area contributed by atoms with Gasteiger partial charge in [0.2, 0.25) is 5.91 Å². The van der Waals surface area contributed by atoms with Crippen molar-refractivity contribution in [1.82, 2.24) is 10.2 Å². The first-order valence-corrected chi connectivity index (χ1v) is 12.8. The van der Waals surface area contributed by atoms with Crippen LogP contribution < -0.4 is 5.32 Å². The van der Waals surface area contributed by atoms with Crippen LogP contribution in [0.5, 0.6) is 0 Å². The molecule has 1 N–H and O–H groups in total. The average molecular weight is 484 g/mol. The molecule has 3 aliphatic heterocycles. The number of benzene rings is 1. The molecule has 1 saturated heterocycles. The number of nitrogens with one attached hydrogen (secondary N) is 1. The molecular formula is C26H33N3O4S. The maximum absolute atomic E-state index is 13.0. The number of methoxy groups -OCH3 is 1. The molecular weight excluding hydrogens is 450 g/mol. The van der Waals surface area contributed by atoms with Crippen LogP contribution in [0.3, 0.4) is 0 Å². The number of hydrogen-bond acceptors (Lipinski definition) is 7. The number of thioether (sulfide) groups is 1. The van der Waals surface area contributed by atoms with Crippen LogP contribution >= 0.6 is 11.8 Å². The minimum absolute atomic E-state index is 0.0672. The highest BCUT2D eigenvalue weighted by Gasteiger charge is 2.41. The molecule has 0 bridgehead atoms. The zero-order valence-electron chi connectivity index (χ0n) is 20.3. The first kappa shape index (κ1) is 24.5. The zero-order valence-corrected chi connectivity index (χ0v) is 21.1. The van der Waals surface area contributed by atoms with Crippen LogP contribution in [-0.2, 0) is 19.1 Å². The second-order valence-corrected chi connectivity index (χ2v) is 9.87. The summed E-state index contributed by atoms with van der Waals surface area (Å²) >= 11 is 1.49. The minimum Gasteiger partial charge on any atom is -0.466 e. The van der Waals surface area contributed by atoms with Gasteiger partial charge in [0.05, 0.1) is 36.9 Å². The predicted molar refractivity (Wildman–Crippen MR) is 134 cm³/mol. The highest BCUT2D eigenvalue weighted by Crippen LogP contribution is 2.45. The lowest BCUT2D eigenvalue weighted by Gasteiger charge is -2.36. The number of carbonyl (C=O) groups excluding carboxylic acids is 2. The molecule has 1 fully saturated rings. The summed E-state index contributed by atoms with van der Waals surface area (Å²) in [5.41, 5.74) is 4.27. The number of aliphatic imine (C=N–C) groups is 1. The van der Waals surface area contributed by atoms with Gasteiger partial charge in [-0.2, -0.15) is 0 Å². The summed E-state index contributed by atoms with van der Waals surface area (Å²) < 4.78 is 10.8. The van der Waals surface area contributed by atoms with Gasteiger partial charge in [-0.05, 0) is 41.7 Å². The van der Waals surface area contributed by atoms with Gasteiger partial charge in [0.25, 0.3) is 0 Å². The maximum atomic E-state index is 13.0. The quantitative estimate of drug-likeness (QED) is 0.543. The van der Waals surface area contributed by atoms with Crippen molar-refractivity contribution < 1.29 is 19.1 Å². The first-order chi connectivity index (χ1) is 16.4. The van der Waals surface area contributed by atoms with Crippen molar-refractivity contribution in [1.29, 1.82) is 0 Å². The van der Waals surface area contributed by atoms with E-state index in [9.17, 15) is 9.59 Å². The number of amidine groups is 1. The SMILES string of the molecule is CCC1=C(C(=O)OC)[C@@H](c2ccc(C(C)C)cc2)N2C(CC(=O)NC[C@@H]3CCCO3)=CSC2=N1. The van der Waals surface area contributed by atoms with Gasteiger partial charge in [-0.15, -0.1) is 0 Å². The molecule has 0 saturated carbocycles. The second-order valence-electron chi connectivity index (χ2n) is 9.04. The van der Waals surface area contributed by atoms with Gasteiger partial charge >= 0.3 is 5.97 Å². The third-order valence-corrected chi connectivity index (χ3v) is 7.33. The van der Waals surface area contributed by atoms with E-state index in [2.05, 4.69) is 43.4 Å². The minimum atomic E-state index is -0.400. The van der Waals surface area contributed by atoms with Gasteiger partial charge < -0.3 is 19.7 Å². The Bertz CT molecular complexity index is 1020. The predicted octanol–water partition coefficient (Wildman–Crippen LogP) is 4.63. The van der Waals surface area contributed by atoms with Crippen molar-refractivity contribution in [2.45, 2.75) is 64.5 Å². The molecule has 0 unspecified atom stereocenters. The van der Waals surface area contributed by atoms with Gasteiger partial charge in [-0.3, -0.25) is 4.79 Å². The largest absolute Gasteiger partial charge is 0.466 e. The Morgan fingerprint density at radius 2 is 2.06 bits per heavy atom. The number of ether oxygens (including phenoxy) is 2. The van der Waals surface area contributed by atoms with Gasteiger partial charge in [0, 0.05) is 18.8 Å². The molecule has 2 atom stereocenters. The van der Waals surface area contributed by atoms with Crippen molar-refractivity contribution >= 4 is 28.8 Å². The number of carbonyl (C=O) groups is 2. The van der Waals surface area contributed by atoms with Crippen LogP contribution in [0.4, 0.5) is 0 Å². The highest BCUT2D eigenvalue weighted by atomic mass is 32.2. The van der Waals surface area contributed by atoms with E-state index in [1.165, 1.54) is 24.4 Å². The van der Waals surface area contributed by atoms with Crippen LogP contribution in [0.25, 0.3) is 0 Å². The van der Waals surface area contributed by atoms with Crippen LogP contribution in [0.2, 0.25) is 0 Å². The van der Waals surface area contributed by atoms with E-state index in [1.807, 2.05) is 17.2 Å². The molecule has 0 aromatic heterocycles. The fourth-order valence-corrected chi connectivity index (χ4v) is 5.49. The normalized spacial score (nSPS) is 22.0. The number of fused-ring (bicyclic) bond motifs is 1. The number of allylic oxidation sites excluding steroid dienone is 1. The number of hydrogen-bond donors (Lipinski definition) is 1. The van der Waals surface area contributed by atoms with Crippen LogP contribution in [0, 0.1) is 0 Å². The van der Waals surface area contributed by atoms with Gasteiger partial charge in [0.1, 0.15) is 0 Å². The topological polar surface area (TPSA) is 80.2 Å². The summed E-state index contributed by atoms with van der Waals surface area (Å²) in [4.78, 5) is 32.6. The molecule has 4 rings (SSSR count). The molecule has 3 heterocycles. The fourth-order valence-electron chi connectivity index (χ4n) is 4.55. The first-order valence-electron chi connectivity index (χ1n) is 12.0. The fraction of sp³-hybridized carbons (Fsp3) is 0.500. The molecule has 0 aliphatic carbocycles. The molecule has 1 aromatic carbocycles. The number of esters is 1. The van der Waals surface area contributed by atoms with E-state index in [1.54, 1.807) is 0 Å². The summed E-state index contributed by atoms with van der Waals surface area (Å²) in [5.74, 6) is -0.0521. The molecule has 1 aromatic rings. The highest BCUT2D eigenvalue weighted by molar-refractivity contribution is 8.16. The molecule has 8 heteroatoms. The third kappa shape index (κ3) is 5.08. The van der Waals surface area contributed by atoms with E-state index < -0.39 is 12.0 Å². The Morgan fingerprint density at radius 1 is 1.29 bits per heavy atom. The zero-order chi connectivity index (χ0) is 24.2. The van der Waals surface area contributed by atoms with E-state index in [0.29, 0.717) is 24.5 Å².